The number of aromatic nitrogens is 1. The standard InChI is InChI=1S/C11H15FN2O4S/c1-3-14(8-10(15)18-4-2)19(16,17)11-9(12)6-5-7-13-11/h5-7H,3-4,8H2,1-2H3. The van der Waals surface area contributed by atoms with Crippen LogP contribution < -0.4 is 0 Å². The van der Waals surface area contributed by atoms with Crippen molar-refractivity contribution in [3.63, 3.8) is 0 Å². The maximum atomic E-state index is 13.5. The molecule has 0 radical (unpaired) electrons. The Balaban J connectivity index is 3.03. The van der Waals surface area contributed by atoms with Gasteiger partial charge in [0, 0.05) is 12.7 Å². The van der Waals surface area contributed by atoms with Gasteiger partial charge in [-0.15, -0.1) is 0 Å². The first-order valence-corrected chi connectivity index (χ1v) is 7.13. The van der Waals surface area contributed by atoms with Gasteiger partial charge in [0.25, 0.3) is 10.0 Å². The van der Waals surface area contributed by atoms with Crippen LogP contribution in [0.1, 0.15) is 13.8 Å². The smallest absolute Gasteiger partial charge is 0.321 e. The summed E-state index contributed by atoms with van der Waals surface area (Å²) in [5.41, 5.74) is 0. The lowest BCUT2D eigenvalue weighted by Crippen LogP contribution is -2.37. The molecule has 19 heavy (non-hydrogen) atoms. The summed E-state index contributed by atoms with van der Waals surface area (Å²) in [6.07, 6.45) is 1.17. The highest BCUT2D eigenvalue weighted by Gasteiger charge is 2.29. The van der Waals surface area contributed by atoms with Crippen LogP contribution in [0.4, 0.5) is 4.39 Å². The molecule has 8 heteroatoms. The highest BCUT2D eigenvalue weighted by Crippen LogP contribution is 2.16. The number of sulfonamides is 1. The number of likely N-dealkylation sites (N-methyl/N-ethyl adjacent to an activating group) is 1. The highest BCUT2D eigenvalue weighted by atomic mass is 32.2. The first-order valence-electron chi connectivity index (χ1n) is 5.69. The molecule has 0 saturated carbocycles. The number of halogens is 1. The van der Waals surface area contributed by atoms with Crippen LogP contribution in [0.15, 0.2) is 23.4 Å². The third kappa shape index (κ3) is 3.71. The van der Waals surface area contributed by atoms with Gasteiger partial charge in [0.2, 0.25) is 5.03 Å². The van der Waals surface area contributed by atoms with Crippen molar-refractivity contribution in [1.29, 1.82) is 0 Å². The quantitative estimate of drug-likeness (QED) is 0.724. The molecule has 0 fully saturated rings. The molecular formula is C11H15FN2O4S. The first-order chi connectivity index (χ1) is 8.93. The van der Waals surface area contributed by atoms with E-state index in [1.165, 1.54) is 19.2 Å². The SMILES string of the molecule is CCOC(=O)CN(CC)S(=O)(=O)c1ncccc1F. The summed E-state index contributed by atoms with van der Waals surface area (Å²) in [5.74, 6) is -1.64. The summed E-state index contributed by atoms with van der Waals surface area (Å²) in [4.78, 5) is 14.8. The number of rotatable bonds is 6. The van der Waals surface area contributed by atoms with E-state index in [4.69, 9.17) is 0 Å². The minimum atomic E-state index is -4.15. The fourth-order valence-corrected chi connectivity index (χ4v) is 2.77. The van der Waals surface area contributed by atoms with Crippen molar-refractivity contribution >= 4 is 16.0 Å². The summed E-state index contributed by atoms with van der Waals surface area (Å²) >= 11 is 0. The summed E-state index contributed by atoms with van der Waals surface area (Å²) in [7, 11) is -4.15. The van der Waals surface area contributed by atoms with Crippen molar-refractivity contribution in [3.05, 3.63) is 24.1 Å². The maximum absolute atomic E-state index is 13.5. The van der Waals surface area contributed by atoms with Crippen LogP contribution in [0.25, 0.3) is 0 Å². The predicted molar refractivity (Wildman–Crippen MR) is 65.3 cm³/mol. The Morgan fingerprint density at radius 2 is 2.16 bits per heavy atom. The normalized spacial score (nSPS) is 11.6. The number of esters is 1. The Morgan fingerprint density at radius 1 is 1.47 bits per heavy atom. The van der Waals surface area contributed by atoms with E-state index in [1.54, 1.807) is 6.92 Å². The van der Waals surface area contributed by atoms with Crippen LogP contribution >= 0.6 is 0 Å². The molecule has 106 valence electrons. The number of nitrogens with zero attached hydrogens (tertiary/aromatic N) is 2. The second kappa shape index (κ2) is 6.58. The second-order valence-corrected chi connectivity index (χ2v) is 5.38. The van der Waals surface area contributed by atoms with E-state index in [9.17, 15) is 17.6 Å². The summed E-state index contributed by atoms with van der Waals surface area (Å²) < 4.78 is 43.3. The molecule has 0 aliphatic rings. The molecule has 0 atom stereocenters. The first kappa shape index (κ1) is 15.5. The molecule has 0 aromatic carbocycles. The molecule has 1 aromatic heterocycles. The van der Waals surface area contributed by atoms with Crippen molar-refractivity contribution in [2.45, 2.75) is 18.9 Å². The lowest BCUT2D eigenvalue weighted by Gasteiger charge is -2.18. The van der Waals surface area contributed by atoms with Crippen LogP contribution in [0.2, 0.25) is 0 Å². The lowest BCUT2D eigenvalue weighted by molar-refractivity contribution is -0.143. The summed E-state index contributed by atoms with van der Waals surface area (Å²) in [6, 6.07) is 2.29. The van der Waals surface area contributed by atoms with Crippen LogP contribution in [0, 0.1) is 5.82 Å². The average molecular weight is 290 g/mol. The van der Waals surface area contributed by atoms with Crippen molar-refractivity contribution in [1.82, 2.24) is 9.29 Å². The third-order valence-electron chi connectivity index (χ3n) is 2.27. The Hall–Kier alpha value is -1.54. The van der Waals surface area contributed by atoms with Crippen molar-refractivity contribution in [2.75, 3.05) is 19.7 Å². The number of pyridine rings is 1. The number of hydrogen-bond donors (Lipinski definition) is 0. The Labute approximate surface area is 111 Å². The van der Waals surface area contributed by atoms with E-state index < -0.39 is 33.4 Å². The van der Waals surface area contributed by atoms with Gasteiger partial charge in [-0.05, 0) is 19.1 Å². The Morgan fingerprint density at radius 3 is 2.68 bits per heavy atom. The molecule has 0 bridgehead atoms. The van der Waals surface area contributed by atoms with E-state index in [-0.39, 0.29) is 13.2 Å². The average Bonchev–Trinajstić information content (AvgIpc) is 2.36. The monoisotopic (exact) mass is 290 g/mol. The van der Waals surface area contributed by atoms with E-state index >= 15 is 0 Å². The maximum Gasteiger partial charge on any atom is 0.321 e. The van der Waals surface area contributed by atoms with Crippen molar-refractivity contribution < 1.29 is 22.3 Å². The summed E-state index contributed by atoms with van der Waals surface area (Å²) in [5, 5.41) is -0.693. The van der Waals surface area contributed by atoms with Crippen LogP contribution in [-0.2, 0) is 19.6 Å². The van der Waals surface area contributed by atoms with Gasteiger partial charge < -0.3 is 4.74 Å². The fourth-order valence-electron chi connectivity index (χ4n) is 1.40. The summed E-state index contributed by atoms with van der Waals surface area (Å²) in [6.45, 7) is 2.84. The molecule has 0 unspecified atom stereocenters. The zero-order valence-corrected chi connectivity index (χ0v) is 11.5. The van der Waals surface area contributed by atoms with E-state index in [1.807, 2.05) is 0 Å². The van der Waals surface area contributed by atoms with Gasteiger partial charge in [-0.3, -0.25) is 4.79 Å². The number of hydrogen-bond acceptors (Lipinski definition) is 5. The van der Waals surface area contributed by atoms with E-state index in [0.29, 0.717) is 0 Å². The minimum Gasteiger partial charge on any atom is -0.465 e. The molecule has 1 heterocycles. The molecule has 0 amide bonds. The lowest BCUT2D eigenvalue weighted by atomic mass is 10.5. The minimum absolute atomic E-state index is 0.0111. The largest absolute Gasteiger partial charge is 0.465 e. The van der Waals surface area contributed by atoms with Crippen LogP contribution in [0.3, 0.4) is 0 Å². The van der Waals surface area contributed by atoms with Gasteiger partial charge in [0.1, 0.15) is 6.54 Å². The Kier molecular flexibility index (Phi) is 5.37. The molecule has 0 aliphatic heterocycles. The van der Waals surface area contributed by atoms with E-state index in [0.717, 1.165) is 10.4 Å². The van der Waals surface area contributed by atoms with E-state index in [2.05, 4.69) is 9.72 Å². The van der Waals surface area contributed by atoms with Crippen molar-refractivity contribution in [2.24, 2.45) is 0 Å². The Bertz CT molecular complexity index is 547. The van der Waals surface area contributed by atoms with Crippen LogP contribution in [0.5, 0.6) is 0 Å². The predicted octanol–water partition coefficient (Wildman–Crippen LogP) is 0.794. The van der Waals surface area contributed by atoms with Gasteiger partial charge in [0.15, 0.2) is 5.82 Å². The number of carbonyl (C=O) groups excluding carboxylic acids is 1. The van der Waals surface area contributed by atoms with Gasteiger partial charge in [0.05, 0.1) is 6.61 Å². The molecule has 0 aliphatic carbocycles. The van der Waals surface area contributed by atoms with Crippen molar-refractivity contribution in [3.8, 4) is 0 Å². The second-order valence-electron chi connectivity index (χ2n) is 3.53. The molecule has 0 saturated heterocycles. The van der Waals surface area contributed by atoms with Gasteiger partial charge >= 0.3 is 5.97 Å². The molecular weight excluding hydrogens is 275 g/mol. The topological polar surface area (TPSA) is 76.6 Å². The fraction of sp³-hybridized carbons (Fsp3) is 0.455. The van der Waals surface area contributed by atoms with Gasteiger partial charge in [-0.25, -0.2) is 17.8 Å². The molecule has 1 rings (SSSR count). The third-order valence-corrected chi connectivity index (χ3v) is 4.13. The van der Waals surface area contributed by atoms with Crippen LogP contribution in [-0.4, -0.2) is 43.4 Å². The number of ether oxygens (including phenoxy) is 1. The van der Waals surface area contributed by atoms with Gasteiger partial charge in [-0.2, -0.15) is 4.31 Å². The zero-order valence-electron chi connectivity index (χ0n) is 10.7. The zero-order chi connectivity index (χ0) is 14.5. The molecule has 1 aromatic rings. The highest BCUT2D eigenvalue weighted by molar-refractivity contribution is 7.89. The number of carbonyl (C=O) groups is 1. The van der Waals surface area contributed by atoms with Gasteiger partial charge in [-0.1, -0.05) is 6.92 Å². The molecule has 6 nitrogen and oxygen atoms in total. The molecule has 0 N–H and O–H groups in total. The molecule has 0 spiro atoms.